The van der Waals surface area contributed by atoms with Crippen molar-refractivity contribution in [3.05, 3.63) is 35.7 Å². The zero-order chi connectivity index (χ0) is 20.1. The molecular formula is C20H20N4O4S. The summed E-state index contributed by atoms with van der Waals surface area (Å²) in [7, 11) is 1.35. The number of anilines is 2. The summed E-state index contributed by atoms with van der Waals surface area (Å²) in [5, 5.41) is 3.12. The van der Waals surface area contributed by atoms with E-state index in [1.807, 2.05) is 13.0 Å². The van der Waals surface area contributed by atoms with Crippen LogP contribution in [-0.4, -0.2) is 40.4 Å². The maximum absolute atomic E-state index is 13.1. The number of pyridine rings is 2. The lowest BCUT2D eigenvalue weighted by atomic mass is 9.96. The topological polar surface area (TPSA) is 93.6 Å². The minimum Gasteiger partial charge on any atom is -0.474 e. The van der Waals surface area contributed by atoms with Crippen molar-refractivity contribution in [2.75, 3.05) is 12.0 Å². The number of aryl methyl sites for hydroxylation is 1. The molecule has 2 atom stereocenters. The first kappa shape index (κ1) is 18.2. The summed E-state index contributed by atoms with van der Waals surface area (Å²) in [6.07, 6.45) is 6.86. The zero-order valence-electron chi connectivity index (χ0n) is 16.0. The Hall–Kier alpha value is -2.81. The second kappa shape index (κ2) is 6.91. The first-order valence-corrected chi connectivity index (χ1v) is 10.4. The summed E-state index contributed by atoms with van der Waals surface area (Å²) in [6, 6.07) is 2.88. The SMILES string of the molecule is COC(=O)C1Sc2nccc3c2C1NC(=O)N3c1cnc(OC2CCC2)cc1C. The Morgan fingerprint density at radius 1 is 1.31 bits per heavy atom. The predicted molar refractivity (Wildman–Crippen MR) is 107 cm³/mol. The molecule has 2 amide bonds. The third-order valence-electron chi connectivity index (χ3n) is 5.58. The fraction of sp³-hybridized carbons (Fsp3) is 0.400. The van der Waals surface area contributed by atoms with Crippen LogP contribution in [0.15, 0.2) is 29.6 Å². The summed E-state index contributed by atoms with van der Waals surface area (Å²) in [6.45, 7) is 1.93. The van der Waals surface area contributed by atoms with Gasteiger partial charge in [0.1, 0.15) is 16.4 Å². The number of nitrogens with one attached hydrogen (secondary N) is 1. The molecule has 0 radical (unpaired) electrons. The van der Waals surface area contributed by atoms with E-state index in [0.717, 1.165) is 29.0 Å². The molecule has 1 aliphatic carbocycles. The highest BCUT2D eigenvalue weighted by molar-refractivity contribution is 8.01. The number of ether oxygens (including phenoxy) is 2. The minimum absolute atomic E-state index is 0.238. The van der Waals surface area contributed by atoms with Crippen LogP contribution in [0.4, 0.5) is 16.2 Å². The number of hydrogen-bond donors (Lipinski definition) is 1. The van der Waals surface area contributed by atoms with E-state index >= 15 is 0 Å². The lowest BCUT2D eigenvalue weighted by Gasteiger charge is -2.34. The molecule has 0 bridgehead atoms. The number of esters is 1. The Bertz CT molecular complexity index is 1010. The average molecular weight is 412 g/mol. The molecule has 1 saturated carbocycles. The molecule has 2 aromatic heterocycles. The van der Waals surface area contributed by atoms with Crippen LogP contribution in [0.25, 0.3) is 0 Å². The number of carbonyl (C=O) groups is 2. The third kappa shape index (κ3) is 2.91. The summed E-state index contributed by atoms with van der Waals surface area (Å²) in [4.78, 5) is 35.7. The predicted octanol–water partition coefficient (Wildman–Crippen LogP) is 3.27. The van der Waals surface area contributed by atoms with E-state index in [-0.39, 0.29) is 18.1 Å². The van der Waals surface area contributed by atoms with E-state index < -0.39 is 11.3 Å². The fourth-order valence-electron chi connectivity index (χ4n) is 3.84. The second-order valence-corrected chi connectivity index (χ2v) is 8.48. The highest BCUT2D eigenvalue weighted by atomic mass is 32.2. The monoisotopic (exact) mass is 412 g/mol. The standard InChI is InChI=1S/C20H20N4O4S/c1-10-8-14(28-11-4-3-5-11)22-9-13(10)24-12-6-7-21-18-15(12)16(23-20(24)26)17(29-18)19(25)27-2/h6-9,11,16-17H,3-5H2,1-2H3,(H,23,26). The third-order valence-corrected chi connectivity index (χ3v) is 6.85. The second-order valence-electron chi connectivity index (χ2n) is 7.35. The molecule has 4 heterocycles. The molecule has 1 N–H and O–H groups in total. The van der Waals surface area contributed by atoms with Gasteiger partial charge < -0.3 is 14.8 Å². The molecule has 3 aliphatic rings. The van der Waals surface area contributed by atoms with Crippen LogP contribution in [0, 0.1) is 6.92 Å². The van der Waals surface area contributed by atoms with Crippen molar-refractivity contribution < 1.29 is 19.1 Å². The van der Waals surface area contributed by atoms with E-state index in [1.54, 1.807) is 23.4 Å². The van der Waals surface area contributed by atoms with E-state index in [0.29, 0.717) is 17.3 Å². The van der Waals surface area contributed by atoms with E-state index in [2.05, 4.69) is 15.3 Å². The van der Waals surface area contributed by atoms with Crippen molar-refractivity contribution >= 4 is 35.1 Å². The molecule has 0 spiro atoms. The highest BCUT2D eigenvalue weighted by Crippen LogP contribution is 2.51. The Morgan fingerprint density at radius 3 is 2.83 bits per heavy atom. The van der Waals surface area contributed by atoms with E-state index in [4.69, 9.17) is 9.47 Å². The van der Waals surface area contributed by atoms with Crippen molar-refractivity contribution in [3.63, 3.8) is 0 Å². The molecule has 150 valence electrons. The molecular weight excluding hydrogens is 392 g/mol. The Labute approximate surface area is 172 Å². The summed E-state index contributed by atoms with van der Waals surface area (Å²) in [5.41, 5.74) is 3.09. The molecule has 8 nitrogen and oxygen atoms in total. The van der Waals surface area contributed by atoms with Gasteiger partial charge in [-0.2, -0.15) is 0 Å². The van der Waals surface area contributed by atoms with Gasteiger partial charge in [-0.25, -0.2) is 14.8 Å². The Balaban J connectivity index is 1.52. The Morgan fingerprint density at radius 2 is 2.14 bits per heavy atom. The van der Waals surface area contributed by atoms with Gasteiger partial charge in [0.25, 0.3) is 0 Å². The van der Waals surface area contributed by atoms with Gasteiger partial charge in [0.15, 0.2) is 0 Å². The maximum Gasteiger partial charge on any atom is 0.327 e. The fourth-order valence-corrected chi connectivity index (χ4v) is 5.09. The van der Waals surface area contributed by atoms with Crippen LogP contribution in [0.1, 0.15) is 36.4 Å². The van der Waals surface area contributed by atoms with Crippen LogP contribution in [0.3, 0.4) is 0 Å². The van der Waals surface area contributed by atoms with Gasteiger partial charge in [0.05, 0.1) is 30.7 Å². The first-order chi connectivity index (χ1) is 14.1. The van der Waals surface area contributed by atoms with Gasteiger partial charge in [-0.1, -0.05) is 11.8 Å². The number of urea groups is 1. The quantitative estimate of drug-likeness (QED) is 0.770. The number of methoxy groups -OCH3 is 1. The summed E-state index contributed by atoms with van der Waals surface area (Å²) >= 11 is 1.31. The van der Waals surface area contributed by atoms with Crippen LogP contribution in [0.5, 0.6) is 5.88 Å². The summed E-state index contributed by atoms with van der Waals surface area (Å²) < 4.78 is 10.8. The zero-order valence-corrected chi connectivity index (χ0v) is 16.9. The van der Waals surface area contributed by atoms with Crippen molar-refractivity contribution in [1.29, 1.82) is 0 Å². The van der Waals surface area contributed by atoms with Crippen LogP contribution >= 0.6 is 11.8 Å². The van der Waals surface area contributed by atoms with Crippen LogP contribution in [0.2, 0.25) is 0 Å². The highest BCUT2D eigenvalue weighted by Gasteiger charge is 2.47. The lowest BCUT2D eigenvalue weighted by molar-refractivity contribution is -0.140. The first-order valence-electron chi connectivity index (χ1n) is 9.54. The molecule has 5 rings (SSSR count). The summed E-state index contributed by atoms with van der Waals surface area (Å²) in [5.74, 6) is 0.195. The molecule has 29 heavy (non-hydrogen) atoms. The number of amides is 2. The van der Waals surface area contributed by atoms with Gasteiger partial charge in [-0.15, -0.1) is 0 Å². The van der Waals surface area contributed by atoms with Gasteiger partial charge in [-0.05, 0) is 37.8 Å². The minimum atomic E-state index is -0.549. The number of hydrogen-bond acceptors (Lipinski definition) is 7. The van der Waals surface area contributed by atoms with Crippen molar-refractivity contribution in [2.45, 2.75) is 48.6 Å². The van der Waals surface area contributed by atoms with Gasteiger partial charge >= 0.3 is 12.0 Å². The van der Waals surface area contributed by atoms with Crippen LogP contribution < -0.4 is 15.0 Å². The molecule has 0 saturated heterocycles. The maximum atomic E-state index is 13.1. The molecule has 9 heteroatoms. The molecule has 2 aliphatic heterocycles. The van der Waals surface area contributed by atoms with E-state index in [1.165, 1.54) is 25.3 Å². The van der Waals surface area contributed by atoms with Gasteiger partial charge in [0, 0.05) is 17.8 Å². The molecule has 1 fully saturated rings. The van der Waals surface area contributed by atoms with Crippen molar-refractivity contribution in [1.82, 2.24) is 15.3 Å². The Kier molecular flexibility index (Phi) is 4.34. The largest absolute Gasteiger partial charge is 0.474 e. The lowest BCUT2D eigenvalue weighted by Crippen LogP contribution is -2.47. The van der Waals surface area contributed by atoms with Crippen molar-refractivity contribution in [3.8, 4) is 5.88 Å². The number of rotatable bonds is 4. The number of carbonyl (C=O) groups excluding carboxylic acids is 2. The molecule has 2 aromatic rings. The normalized spacial score (nSPS) is 22.6. The van der Waals surface area contributed by atoms with Crippen LogP contribution in [-0.2, 0) is 9.53 Å². The average Bonchev–Trinajstić information content (AvgIpc) is 3.05. The van der Waals surface area contributed by atoms with E-state index in [9.17, 15) is 9.59 Å². The van der Waals surface area contributed by atoms with Gasteiger partial charge in [0.2, 0.25) is 5.88 Å². The molecule has 2 unspecified atom stereocenters. The van der Waals surface area contributed by atoms with Crippen molar-refractivity contribution in [2.24, 2.45) is 0 Å². The molecule has 0 aromatic carbocycles. The van der Waals surface area contributed by atoms with Gasteiger partial charge in [-0.3, -0.25) is 9.69 Å². The smallest absolute Gasteiger partial charge is 0.327 e. The number of aromatic nitrogens is 2. The number of thioether (sulfide) groups is 1. The number of nitrogens with zero attached hydrogens (tertiary/aromatic N) is 3.